The number of carbonyl (C=O) groups is 1. The average Bonchev–Trinajstić information content (AvgIpc) is 2.77. The maximum atomic E-state index is 11.7. The van der Waals surface area contributed by atoms with Crippen LogP contribution in [0.25, 0.3) is 0 Å². The van der Waals surface area contributed by atoms with Crippen LogP contribution < -0.4 is 0 Å². The van der Waals surface area contributed by atoms with Gasteiger partial charge in [0, 0.05) is 5.41 Å². The van der Waals surface area contributed by atoms with E-state index in [1.54, 1.807) is 0 Å². The van der Waals surface area contributed by atoms with Gasteiger partial charge in [0.25, 0.3) is 0 Å². The molecule has 3 fully saturated rings. The minimum absolute atomic E-state index is 0.0325. The molecule has 3 atom stereocenters. The number of hydrogen-bond donors (Lipinski definition) is 0. The second-order valence-corrected chi connectivity index (χ2v) is 5.94. The summed E-state index contributed by atoms with van der Waals surface area (Å²) >= 11 is 0. The lowest BCUT2D eigenvalue weighted by Crippen LogP contribution is -2.42. The number of ether oxygens (including phenoxy) is 1. The summed E-state index contributed by atoms with van der Waals surface area (Å²) in [7, 11) is 0. The molecule has 3 aliphatic rings. The molecule has 0 radical (unpaired) electrons. The normalized spacial score (nSPS) is 48.9. The molecule has 14 heavy (non-hydrogen) atoms. The third kappa shape index (κ3) is 0.768. The summed E-state index contributed by atoms with van der Waals surface area (Å²) in [6.45, 7) is 4.87. The van der Waals surface area contributed by atoms with Gasteiger partial charge in [-0.3, -0.25) is 4.79 Å². The molecular weight excluding hydrogens is 176 g/mol. The Morgan fingerprint density at radius 2 is 2.14 bits per heavy atom. The van der Waals surface area contributed by atoms with Crippen LogP contribution >= 0.6 is 0 Å². The first-order chi connectivity index (χ1) is 6.56. The van der Waals surface area contributed by atoms with Crippen molar-refractivity contribution in [1.82, 2.24) is 0 Å². The van der Waals surface area contributed by atoms with Gasteiger partial charge in [0.2, 0.25) is 0 Å². The van der Waals surface area contributed by atoms with Crippen LogP contribution in [0.5, 0.6) is 0 Å². The van der Waals surface area contributed by atoms with Crippen molar-refractivity contribution in [3.63, 3.8) is 0 Å². The highest BCUT2D eigenvalue weighted by Crippen LogP contribution is 2.65. The summed E-state index contributed by atoms with van der Waals surface area (Å²) < 4.78 is 5.32. The number of fused-ring (bicyclic) bond motifs is 3. The van der Waals surface area contributed by atoms with Crippen molar-refractivity contribution in [2.24, 2.45) is 22.7 Å². The highest BCUT2D eigenvalue weighted by Gasteiger charge is 2.65. The molecule has 1 heterocycles. The van der Waals surface area contributed by atoms with Crippen LogP contribution in [0.15, 0.2) is 0 Å². The van der Waals surface area contributed by atoms with Crippen molar-refractivity contribution < 1.29 is 9.53 Å². The summed E-state index contributed by atoms with van der Waals surface area (Å²) in [6, 6.07) is 0. The SMILES string of the molecule is CC1(C)C(=O)OCC12CC1CCC2C1. The van der Waals surface area contributed by atoms with Gasteiger partial charge < -0.3 is 4.74 Å². The fourth-order valence-electron chi connectivity index (χ4n) is 4.14. The molecule has 0 N–H and O–H groups in total. The third-order valence-corrected chi connectivity index (χ3v) is 5.19. The zero-order valence-corrected chi connectivity index (χ0v) is 9.01. The fourth-order valence-corrected chi connectivity index (χ4v) is 4.14. The molecule has 2 nitrogen and oxygen atoms in total. The minimum Gasteiger partial charge on any atom is -0.465 e. The number of hydrogen-bond acceptors (Lipinski definition) is 2. The smallest absolute Gasteiger partial charge is 0.312 e. The van der Waals surface area contributed by atoms with Crippen LogP contribution in [-0.4, -0.2) is 12.6 Å². The molecule has 3 unspecified atom stereocenters. The molecule has 1 spiro atoms. The van der Waals surface area contributed by atoms with Gasteiger partial charge in [-0.05, 0) is 44.9 Å². The standard InChI is InChI=1S/C12H18O2/c1-11(2)10(13)14-7-12(11)6-8-3-4-9(12)5-8/h8-9H,3-7H2,1-2H3. The van der Waals surface area contributed by atoms with Gasteiger partial charge in [-0.2, -0.15) is 0 Å². The molecule has 1 aliphatic heterocycles. The molecule has 1 saturated heterocycles. The van der Waals surface area contributed by atoms with Crippen LogP contribution in [0, 0.1) is 22.7 Å². The zero-order chi connectivity index (χ0) is 9.97. The third-order valence-electron chi connectivity index (χ3n) is 5.19. The van der Waals surface area contributed by atoms with Gasteiger partial charge in [0.1, 0.15) is 0 Å². The van der Waals surface area contributed by atoms with Crippen LogP contribution in [-0.2, 0) is 9.53 Å². The predicted octanol–water partition coefficient (Wildman–Crippen LogP) is 2.38. The molecule has 2 heteroatoms. The maximum Gasteiger partial charge on any atom is 0.312 e. The first-order valence-electron chi connectivity index (χ1n) is 5.73. The monoisotopic (exact) mass is 194 g/mol. The van der Waals surface area contributed by atoms with Crippen LogP contribution in [0.2, 0.25) is 0 Å². The second kappa shape index (κ2) is 2.34. The summed E-state index contributed by atoms with van der Waals surface area (Å²) in [5, 5.41) is 0. The highest BCUT2D eigenvalue weighted by molar-refractivity contribution is 5.79. The Hall–Kier alpha value is -0.530. The summed E-state index contributed by atoms with van der Waals surface area (Å²) in [5.74, 6) is 1.67. The summed E-state index contributed by atoms with van der Waals surface area (Å²) in [6.07, 6.45) is 5.29. The zero-order valence-electron chi connectivity index (χ0n) is 9.01. The quantitative estimate of drug-likeness (QED) is 0.553. The fraction of sp³-hybridized carbons (Fsp3) is 0.917. The number of carbonyl (C=O) groups excluding carboxylic acids is 1. The maximum absolute atomic E-state index is 11.7. The minimum atomic E-state index is -0.229. The average molecular weight is 194 g/mol. The molecule has 3 rings (SSSR count). The molecular formula is C12H18O2. The van der Waals surface area contributed by atoms with Gasteiger partial charge in [-0.25, -0.2) is 0 Å². The molecule has 2 aliphatic carbocycles. The Labute approximate surface area is 85.0 Å². The molecule has 0 aromatic rings. The van der Waals surface area contributed by atoms with E-state index >= 15 is 0 Å². The van der Waals surface area contributed by atoms with E-state index in [1.165, 1.54) is 25.7 Å². The first-order valence-corrected chi connectivity index (χ1v) is 5.73. The van der Waals surface area contributed by atoms with Crippen LogP contribution in [0.3, 0.4) is 0 Å². The van der Waals surface area contributed by atoms with Gasteiger partial charge in [-0.15, -0.1) is 0 Å². The Kier molecular flexibility index (Phi) is 1.46. The van der Waals surface area contributed by atoms with E-state index in [9.17, 15) is 4.79 Å². The number of rotatable bonds is 0. The molecule has 0 amide bonds. The van der Waals surface area contributed by atoms with Gasteiger partial charge >= 0.3 is 5.97 Å². The van der Waals surface area contributed by atoms with Crippen molar-refractivity contribution in [3.05, 3.63) is 0 Å². The Bertz CT molecular complexity index is 295. The van der Waals surface area contributed by atoms with E-state index < -0.39 is 0 Å². The Morgan fingerprint density at radius 1 is 1.36 bits per heavy atom. The van der Waals surface area contributed by atoms with Crippen molar-refractivity contribution >= 4 is 5.97 Å². The van der Waals surface area contributed by atoms with Crippen LogP contribution in [0.4, 0.5) is 0 Å². The van der Waals surface area contributed by atoms with Crippen molar-refractivity contribution in [2.45, 2.75) is 39.5 Å². The van der Waals surface area contributed by atoms with E-state index in [0.717, 1.165) is 11.8 Å². The predicted molar refractivity (Wildman–Crippen MR) is 52.6 cm³/mol. The molecule has 0 aromatic carbocycles. The number of cyclic esters (lactones) is 1. The van der Waals surface area contributed by atoms with Gasteiger partial charge in [-0.1, -0.05) is 6.42 Å². The van der Waals surface area contributed by atoms with Gasteiger partial charge in [0.15, 0.2) is 0 Å². The Morgan fingerprint density at radius 3 is 2.57 bits per heavy atom. The van der Waals surface area contributed by atoms with E-state index in [-0.39, 0.29) is 16.8 Å². The van der Waals surface area contributed by atoms with E-state index in [2.05, 4.69) is 13.8 Å². The van der Waals surface area contributed by atoms with Crippen molar-refractivity contribution in [1.29, 1.82) is 0 Å². The molecule has 2 bridgehead atoms. The first kappa shape index (κ1) is 8.75. The van der Waals surface area contributed by atoms with E-state index in [4.69, 9.17) is 4.74 Å². The van der Waals surface area contributed by atoms with E-state index in [1.807, 2.05) is 0 Å². The lowest BCUT2D eigenvalue weighted by atomic mass is 9.59. The summed E-state index contributed by atoms with van der Waals surface area (Å²) in [4.78, 5) is 11.7. The molecule has 78 valence electrons. The number of esters is 1. The molecule has 0 aromatic heterocycles. The van der Waals surface area contributed by atoms with Crippen molar-refractivity contribution in [2.75, 3.05) is 6.61 Å². The lowest BCUT2D eigenvalue weighted by Gasteiger charge is -2.40. The topological polar surface area (TPSA) is 26.3 Å². The van der Waals surface area contributed by atoms with E-state index in [0.29, 0.717) is 6.61 Å². The van der Waals surface area contributed by atoms with Crippen LogP contribution in [0.1, 0.15) is 39.5 Å². The highest BCUT2D eigenvalue weighted by atomic mass is 16.5. The lowest BCUT2D eigenvalue weighted by molar-refractivity contribution is -0.145. The van der Waals surface area contributed by atoms with Crippen molar-refractivity contribution in [3.8, 4) is 0 Å². The summed E-state index contributed by atoms with van der Waals surface area (Å²) in [5.41, 5.74) is -0.0279. The second-order valence-electron chi connectivity index (χ2n) is 5.94. The Balaban J connectivity index is 2.02. The largest absolute Gasteiger partial charge is 0.465 e. The molecule has 2 saturated carbocycles. The van der Waals surface area contributed by atoms with Gasteiger partial charge in [0.05, 0.1) is 12.0 Å².